The molecule has 6 nitrogen and oxygen atoms in total. The zero-order chi connectivity index (χ0) is 15.3. The first-order valence-corrected chi connectivity index (χ1v) is 6.17. The van der Waals surface area contributed by atoms with Crippen molar-refractivity contribution < 1.29 is 24.2 Å². The molecule has 108 valence electrons. The lowest BCUT2D eigenvalue weighted by Crippen LogP contribution is -2.42. The molecule has 20 heavy (non-hydrogen) atoms. The Hall–Kier alpha value is -1.79. The van der Waals surface area contributed by atoms with Gasteiger partial charge in [-0.1, -0.05) is 29.3 Å². The first-order valence-electron chi connectivity index (χ1n) is 5.41. The fraction of sp³-hybridized carbons (Fsp3) is 0.250. The molecule has 1 aromatic rings. The van der Waals surface area contributed by atoms with E-state index in [4.69, 9.17) is 28.3 Å². The summed E-state index contributed by atoms with van der Waals surface area (Å²) in [7, 11) is 1.12. The minimum absolute atomic E-state index is 0.0491. The number of halogens is 2. The Labute approximate surface area is 124 Å². The maximum absolute atomic E-state index is 12.0. The van der Waals surface area contributed by atoms with Crippen molar-refractivity contribution in [2.24, 2.45) is 0 Å². The topological polar surface area (TPSA) is 92.7 Å². The number of ether oxygens (including phenoxy) is 1. The number of aliphatic carboxylic acids is 1. The summed E-state index contributed by atoms with van der Waals surface area (Å²) in [5.74, 6) is -2.91. The second-order valence-electron chi connectivity index (χ2n) is 3.74. The summed E-state index contributed by atoms with van der Waals surface area (Å²) in [6.45, 7) is 0. The molecule has 0 heterocycles. The van der Waals surface area contributed by atoms with Crippen LogP contribution < -0.4 is 5.32 Å². The third kappa shape index (κ3) is 4.11. The van der Waals surface area contributed by atoms with Gasteiger partial charge in [0.15, 0.2) is 0 Å². The molecular formula is C12H11Cl2NO5. The number of benzene rings is 1. The van der Waals surface area contributed by atoms with E-state index in [2.05, 4.69) is 10.1 Å². The standard InChI is InChI=1S/C12H11Cl2NO5/c1-20-9(16)5-8(12(18)19)15-11(17)10-6(13)3-2-4-7(10)14/h2-4,8H,5H2,1H3,(H,15,17)(H,18,19)/t8-/m0/s1. The summed E-state index contributed by atoms with van der Waals surface area (Å²) >= 11 is 11.7. The van der Waals surface area contributed by atoms with Crippen LogP contribution in [0.2, 0.25) is 10.0 Å². The van der Waals surface area contributed by atoms with Gasteiger partial charge in [-0.15, -0.1) is 0 Å². The number of esters is 1. The number of rotatable bonds is 5. The van der Waals surface area contributed by atoms with Crippen LogP contribution in [0.4, 0.5) is 0 Å². The Morgan fingerprint density at radius 1 is 1.30 bits per heavy atom. The molecule has 0 aromatic heterocycles. The van der Waals surface area contributed by atoms with Gasteiger partial charge in [0, 0.05) is 0 Å². The van der Waals surface area contributed by atoms with Crippen LogP contribution >= 0.6 is 23.2 Å². The van der Waals surface area contributed by atoms with Crippen molar-refractivity contribution in [3.8, 4) is 0 Å². The number of amides is 1. The van der Waals surface area contributed by atoms with Crippen molar-refractivity contribution in [1.82, 2.24) is 5.32 Å². The number of nitrogens with one attached hydrogen (secondary N) is 1. The number of carboxylic acid groups (broad SMARTS) is 1. The van der Waals surface area contributed by atoms with Gasteiger partial charge in [0.1, 0.15) is 6.04 Å². The minimum atomic E-state index is -1.43. The highest BCUT2D eigenvalue weighted by atomic mass is 35.5. The van der Waals surface area contributed by atoms with Gasteiger partial charge < -0.3 is 15.2 Å². The molecule has 0 saturated carbocycles. The Kier molecular flexibility index (Phi) is 5.79. The number of hydrogen-bond acceptors (Lipinski definition) is 4. The third-order valence-electron chi connectivity index (χ3n) is 2.39. The summed E-state index contributed by atoms with van der Waals surface area (Å²) in [6.07, 6.45) is -0.500. The molecule has 0 saturated heterocycles. The second-order valence-corrected chi connectivity index (χ2v) is 4.56. The van der Waals surface area contributed by atoms with E-state index < -0.39 is 30.3 Å². The van der Waals surface area contributed by atoms with Crippen molar-refractivity contribution in [3.63, 3.8) is 0 Å². The van der Waals surface area contributed by atoms with Crippen LogP contribution in [0.15, 0.2) is 18.2 Å². The summed E-state index contributed by atoms with van der Waals surface area (Å²) in [4.78, 5) is 34.1. The zero-order valence-corrected chi connectivity index (χ0v) is 11.9. The Morgan fingerprint density at radius 2 is 1.85 bits per heavy atom. The minimum Gasteiger partial charge on any atom is -0.480 e. The van der Waals surface area contributed by atoms with Gasteiger partial charge in [0.2, 0.25) is 0 Å². The molecule has 0 radical (unpaired) electrons. The van der Waals surface area contributed by atoms with Gasteiger partial charge in [-0.2, -0.15) is 0 Å². The molecule has 2 N–H and O–H groups in total. The Morgan fingerprint density at radius 3 is 2.30 bits per heavy atom. The van der Waals surface area contributed by atoms with E-state index in [0.29, 0.717) is 0 Å². The average Bonchev–Trinajstić information content (AvgIpc) is 2.37. The van der Waals surface area contributed by atoms with E-state index in [9.17, 15) is 14.4 Å². The van der Waals surface area contributed by atoms with Crippen LogP contribution in [0, 0.1) is 0 Å². The highest BCUT2D eigenvalue weighted by Crippen LogP contribution is 2.24. The summed E-state index contributed by atoms with van der Waals surface area (Å²) in [6, 6.07) is 3.00. The molecule has 1 amide bonds. The molecule has 1 atom stereocenters. The Bertz CT molecular complexity index is 526. The average molecular weight is 320 g/mol. The predicted octanol–water partition coefficient (Wildman–Crippen LogP) is 1.74. The molecule has 0 aliphatic rings. The lowest BCUT2D eigenvalue weighted by atomic mass is 10.1. The van der Waals surface area contributed by atoms with Crippen molar-refractivity contribution in [2.75, 3.05) is 7.11 Å². The van der Waals surface area contributed by atoms with Crippen molar-refractivity contribution in [2.45, 2.75) is 12.5 Å². The molecule has 0 bridgehead atoms. The zero-order valence-electron chi connectivity index (χ0n) is 10.4. The first kappa shape index (κ1) is 16.3. The molecule has 0 unspecified atom stereocenters. The van der Waals surface area contributed by atoms with Gasteiger partial charge in [-0.05, 0) is 12.1 Å². The predicted molar refractivity (Wildman–Crippen MR) is 72.0 cm³/mol. The molecule has 1 rings (SSSR count). The van der Waals surface area contributed by atoms with E-state index >= 15 is 0 Å². The summed E-state index contributed by atoms with van der Waals surface area (Å²) < 4.78 is 4.36. The molecule has 0 aliphatic heterocycles. The van der Waals surface area contributed by atoms with E-state index in [1.807, 2.05) is 0 Å². The fourth-order valence-electron chi connectivity index (χ4n) is 1.40. The number of carboxylic acids is 1. The molecule has 0 aliphatic carbocycles. The number of carbonyl (C=O) groups is 3. The molecule has 1 aromatic carbocycles. The fourth-order valence-corrected chi connectivity index (χ4v) is 1.96. The van der Waals surface area contributed by atoms with Crippen LogP contribution in [-0.4, -0.2) is 36.1 Å². The maximum atomic E-state index is 12.0. The SMILES string of the molecule is COC(=O)C[C@H](NC(=O)c1c(Cl)cccc1Cl)C(=O)O. The van der Waals surface area contributed by atoms with Crippen LogP contribution in [0.1, 0.15) is 16.8 Å². The van der Waals surface area contributed by atoms with Gasteiger partial charge in [-0.3, -0.25) is 9.59 Å². The largest absolute Gasteiger partial charge is 0.480 e. The summed E-state index contributed by atoms with van der Waals surface area (Å²) in [5.41, 5.74) is -0.0491. The molecule has 0 spiro atoms. The number of methoxy groups -OCH3 is 1. The van der Waals surface area contributed by atoms with E-state index in [1.165, 1.54) is 12.1 Å². The van der Waals surface area contributed by atoms with E-state index in [0.717, 1.165) is 7.11 Å². The van der Waals surface area contributed by atoms with E-state index in [-0.39, 0.29) is 15.6 Å². The summed E-state index contributed by atoms with van der Waals surface area (Å²) in [5, 5.41) is 11.3. The normalized spacial score (nSPS) is 11.6. The smallest absolute Gasteiger partial charge is 0.326 e. The van der Waals surface area contributed by atoms with Gasteiger partial charge in [-0.25, -0.2) is 4.79 Å². The monoisotopic (exact) mass is 319 g/mol. The van der Waals surface area contributed by atoms with Crippen molar-refractivity contribution >= 4 is 41.0 Å². The van der Waals surface area contributed by atoms with Gasteiger partial charge in [0.25, 0.3) is 5.91 Å². The number of hydrogen-bond donors (Lipinski definition) is 2. The maximum Gasteiger partial charge on any atom is 0.326 e. The number of carbonyl (C=O) groups excluding carboxylic acids is 2. The highest BCUT2D eigenvalue weighted by Gasteiger charge is 2.26. The second kappa shape index (κ2) is 7.12. The van der Waals surface area contributed by atoms with Crippen LogP contribution in [0.25, 0.3) is 0 Å². The van der Waals surface area contributed by atoms with E-state index in [1.54, 1.807) is 6.07 Å². The highest BCUT2D eigenvalue weighted by molar-refractivity contribution is 6.39. The van der Waals surface area contributed by atoms with Gasteiger partial charge >= 0.3 is 11.9 Å². The first-order chi connectivity index (χ1) is 9.36. The third-order valence-corrected chi connectivity index (χ3v) is 3.02. The lowest BCUT2D eigenvalue weighted by Gasteiger charge is -2.14. The Balaban J connectivity index is 2.91. The van der Waals surface area contributed by atoms with Crippen LogP contribution in [0.5, 0.6) is 0 Å². The van der Waals surface area contributed by atoms with Crippen LogP contribution in [-0.2, 0) is 14.3 Å². The quantitative estimate of drug-likeness (QED) is 0.806. The lowest BCUT2D eigenvalue weighted by molar-refractivity contribution is -0.147. The van der Waals surface area contributed by atoms with Crippen LogP contribution in [0.3, 0.4) is 0 Å². The molecular weight excluding hydrogens is 309 g/mol. The van der Waals surface area contributed by atoms with Crippen molar-refractivity contribution in [1.29, 1.82) is 0 Å². The van der Waals surface area contributed by atoms with Crippen molar-refractivity contribution in [3.05, 3.63) is 33.8 Å². The van der Waals surface area contributed by atoms with Gasteiger partial charge in [0.05, 0.1) is 29.1 Å². The molecule has 0 fully saturated rings. The molecule has 8 heteroatoms.